The number of nitrogens with one attached hydrogen (secondary N) is 1. The number of nitrogens with zero attached hydrogens (tertiary/aromatic N) is 1. The lowest BCUT2D eigenvalue weighted by molar-refractivity contribution is -0.115. The zero-order chi connectivity index (χ0) is 18.9. The number of hydrogen-bond donors (Lipinski definition) is 2. The number of amides is 1. The number of fused-ring (bicyclic) bond motifs is 1. The van der Waals surface area contributed by atoms with Crippen LogP contribution in [0.25, 0.3) is 11.1 Å². The molecule has 2 N–H and O–H groups in total. The molecule has 3 rings (SSSR count). The Kier molecular flexibility index (Phi) is 4.50. The van der Waals surface area contributed by atoms with E-state index in [2.05, 4.69) is 10.3 Å². The number of rotatable bonds is 4. The molecule has 6 nitrogen and oxygen atoms in total. The SMILES string of the molecule is CC(C)(C)c1nc2cc(NC(=O)Cc3ccc(C(=O)O)cc3)ccc2o1. The van der Waals surface area contributed by atoms with Gasteiger partial charge in [0.2, 0.25) is 11.8 Å². The van der Waals surface area contributed by atoms with Crippen molar-refractivity contribution in [1.29, 1.82) is 0 Å². The third-order valence-electron chi connectivity index (χ3n) is 3.88. The van der Waals surface area contributed by atoms with Crippen LogP contribution in [0, 0.1) is 0 Å². The van der Waals surface area contributed by atoms with Crippen LogP contribution in [-0.4, -0.2) is 22.0 Å². The molecule has 0 aliphatic rings. The fourth-order valence-corrected chi connectivity index (χ4v) is 2.48. The first kappa shape index (κ1) is 17.7. The average Bonchev–Trinajstić information content (AvgIpc) is 2.99. The van der Waals surface area contributed by atoms with Gasteiger partial charge >= 0.3 is 5.97 Å². The Balaban J connectivity index is 1.71. The highest BCUT2D eigenvalue weighted by molar-refractivity contribution is 5.94. The summed E-state index contributed by atoms with van der Waals surface area (Å²) in [4.78, 5) is 27.6. The van der Waals surface area contributed by atoms with E-state index >= 15 is 0 Å². The molecule has 6 heteroatoms. The summed E-state index contributed by atoms with van der Waals surface area (Å²) < 4.78 is 5.75. The molecule has 1 heterocycles. The van der Waals surface area contributed by atoms with E-state index in [4.69, 9.17) is 9.52 Å². The first-order valence-corrected chi connectivity index (χ1v) is 8.25. The zero-order valence-corrected chi connectivity index (χ0v) is 14.9. The highest BCUT2D eigenvalue weighted by atomic mass is 16.4. The lowest BCUT2D eigenvalue weighted by Crippen LogP contribution is -2.14. The fourth-order valence-electron chi connectivity index (χ4n) is 2.48. The van der Waals surface area contributed by atoms with Crippen molar-refractivity contribution in [3.05, 3.63) is 59.5 Å². The van der Waals surface area contributed by atoms with Gasteiger partial charge in [0.05, 0.1) is 12.0 Å². The molecular formula is C20H20N2O4. The standard InChI is InChI=1S/C20H20N2O4/c1-20(2,3)19-22-15-11-14(8-9-16(15)26-19)21-17(23)10-12-4-6-13(7-5-12)18(24)25/h4-9,11H,10H2,1-3H3,(H,21,23)(H,24,25). The van der Waals surface area contributed by atoms with Gasteiger partial charge in [-0.25, -0.2) is 9.78 Å². The highest BCUT2D eigenvalue weighted by Crippen LogP contribution is 2.27. The van der Waals surface area contributed by atoms with Crippen LogP contribution in [0.2, 0.25) is 0 Å². The van der Waals surface area contributed by atoms with Crippen molar-refractivity contribution in [2.75, 3.05) is 5.32 Å². The second-order valence-electron chi connectivity index (χ2n) is 7.18. The van der Waals surface area contributed by atoms with Crippen molar-refractivity contribution in [3.63, 3.8) is 0 Å². The van der Waals surface area contributed by atoms with Crippen molar-refractivity contribution in [2.45, 2.75) is 32.6 Å². The maximum atomic E-state index is 12.2. The van der Waals surface area contributed by atoms with Gasteiger partial charge in [0.1, 0.15) is 5.52 Å². The van der Waals surface area contributed by atoms with Crippen molar-refractivity contribution < 1.29 is 19.1 Å². The number of carbonyl (C=O) groups is 2. The predicted molar refractivity (Wildman–Crippen MR) is 98.4 cm³/mol. The smallest absolute Gasteiger partial charge is 0.335 e. The van der Waals surface area contributed by atoms with Crippen molar-refractivity contribution in [1.82, 2.24) is 4.98 Å². The van der Waals surface area contributed by atoms with E-state index in [0.29, 0.717) is 22.7 Å². The molecule has 0 aliphatic carbocycles. The van der Waals surface area contributed by atoms with Gasteiger partial charge in [-0.2, -0.15) is 0 Å². The maximum absolute atomic E-state index is 12.2. The molecule has 2 aromatic carbocycles. The lowest BCUT2D eigenvalue weighted by atomic mass is 9.97. The summed E-state index contributed by atoms with van der Waals surface area (Å²) in [5.74, 6) is -0.530. The number of carbonyl (C=O) groups excluding carboxylic acids is 1. The molecule has 0 spiro atoms. The Bertz CT molecular complexity index is 966. The monoisotopic (exact) mass is 352 g/mol. The molecule has 0 atom stereocenters. The molecule has 0 bridgehead atoms. The first-order chi connectivity index (χ1) is 12.2. The van der Waals surface area contributed by atoms with Crippen LogP contribution in [0.3, 0.4) is 0 Å². The van der Waals surface area contributed by atoms with Crippen LogP contribution in [0.5, 0.6) is 0 Å². The number of oxazole rings is 1. The largest absolute Gasteiger partial charge is 0.478 e. The summed E-state index contributed by atoms with van der Waals surface area (Å²) in [5.41, 5.74) is 2.75. The van der Waals surface area contributed by atoms with Crippen LogP contribution in [-0.2, 0) is 16.6 Å². The van der Waals surface area contributed by atoms with Crippen molar-refractivity contribution >= 4 is 28.7 Å². The number of benzene rings is 2. The third kappa shape index (κ3) is 3.91. The van der Waals surface area contributed by atoms with Crippen molar-refractivity contribution in [3.8, 4) is 0 Å². The Labute approximate surface area is 150 Å². The van der Waals surface area contributed by atoms with E-state index in [1.807, 2.05) is 20.8 Å². The normalized spacial score (nSPS) is 11.5. The molecule has 26 heavy (non-hydrogen) atoms. The van der Waals surface area contributed by atoms with Gasteiger partial charge in [0.25, 0.3) is 0 Å². The summed E-state index contributed by atoms with van der Waals surface area (Å²) in [7, 11) is 0. The molecule has 0 radical (unpaired) electrons. The molecule has 134 valence electrons. The van der Waals surface area contributed by atoms with E-state index in [1.54, 1.807) is 30.3 Å². The van der Waals surface area contributed by atoms with Gasteiger partial charge in [-0.05, 0) is 35.9 Å². The number of anilines is 1. The number of aromatic nitrogens is 1. The van der Waals surface area contributed by atoms with E-state index in [9.17, 15) is 9.59 Å². The Morgan fingerprint density at radius 3 is 2.42 bits per heavy atom. The quantitative estimate of drug-likeness (QED) is 0.740. The maximum Gasteiger partial charge on any atom is 0.335 e. The molecule has 1 aromatic heterocycles. The second-order valence-corrected chi connectivity index (χ2v) is 7.18. The average molecular weight is 352 g/mol. The summed E-state index contributed by atoms with van der Waals surface area (Å²) in [6, 6.07) is 11.6. The van der Waals surface area contributed by atoms with Crippen LogP contribution in [0.4, 0.5) is 5.69 Å². The van der Waals surface area contributed by atoms with E-state index in [1.165, 1.54) is 12.1 Å². The van der Waals surface area contributed by atoms with Gasteiger partial charge < -0.3 is 14.8 Å². The molecule has 0 unspecified atom stereocenters. The Morgan fingerprint density at radius 1 is 1.12 bits per heavy atom. The fraction of sp³-hybridized carbons (Fsp3) is 0.250. The minimum absolute atomic E-state index is 0.157. The van der Waals surface area contributed by atoms with Crippen LogP contribution < -0.4 is 5.32 Å². The molecular weight excluding hydrogens is 332 g/mol. The van der Waals surface area contributed by atoms with Crippen molar-refractivity contribution in [2.24, 2.45) is 0 Å². The minimum atomic E-state index is -0.989. The van der Waals surface area contributed by atoms with Gasteiger partial charge in [-0.15, -0.1) is 0 Å². The number of carboxylic acid groups (broad SMARTS) is 1. The summed E-state index contributed by atoms with van der Waals surface area (Å²) in [5, 5.41) is 11.7. The Morgan fingerprint density at radius 2 is 1.81 bits per heavy atom. The highest BCUT2D eigenvalue weighted by Gasteiger charge is 2.21. The summed E-state index contributed by atoms with van der Waals surface area (Å²) in [6.07, 6.45) is 0.157. The molecule has 1 amide bonds. The second kappa shape index (κ2) is 6.63. The van der Waals surface area contributed by atoms with E-state index < -0.39 is 5.97 Å². The lowest BCUT2D eigenvalue weighted by Gasteiger charge is -2.11. The van der Waals surface area contributed by atoms with E-state index in [0.717, 1.165) is 5.56 Å². The molecule has 3 aromatic rings. The molecule has 0 aliphatic heterocycles. The van der Waals surface area contributed by atoms with E-state index in [-0.39, 0.29) is 23.3 Å². The van der Waals surface area contributed by atoms with Gasteiger partial charge in [0.15, 0.2) is 5.58 Å². The number of aromatic carboxylic acids is 1. The number of hydrogen-bond acceptors (Lipinski definition) is 4. The Hall–Kier alpha value is -3.15. The third-order valence-corrected chi connectivity index (χ3v) is 3.88. The first-order valence-electron chi connectivity index (χ1n) is 8.25. The molecule has 0 saturated carbocycles. The van der Waals surface area contributed by atoms with Gasteiger partial charge in [-0.3, -0.25) is 4.79 Å². The number of carboxylic acids is 1. The van der Waals surface area contributed by atoms with Crippen LogP contribution >= 0.6 is 0 Å². The summed E-state index contributed by atoms with van der Waals surface area (Å²) in [6.45, 7) is 6.07. The zero-order valence-electron chi connectivity index (χ0n) is 14.9. The summed E-state index contributed by atoms with van der Waals surface area (Å²) >= 11 is 0. The minimum Gasteiger partial charge on any atom is -0.478 e. The molecule has 0 fully saturated rings. The molecule has 0 saturated heterocycles. The predicted octanol–water partition coefficient (Wildman–Crippen LogP) is 4.00. The topological polar surface area (TPSA) is 92.4 Å². The van der Waals surface area contributed by atoms with Gasteiger partial charge in [0, 0.05) is 11.1 Å². The van der Waals surface area contributed by atoms with Gasteiger partial charge in [-0.1, -0.05) is 32.9 Å². The van der Waals surface area contributed by atoms with Crippen LogP contribution in [0.1, 0.15) is 42.6 Å². The van der Waals surface area contributed by atoms with Crippen LogP contribution in [0.15, 0.2) is 46.9 Å².